The van der Waals surface area contributed by atoms with Crippen molar-refractivity contribution in [3.8, 4) is 5.69 Å². The van der Waals surface area contributed by atoms with Crippen molar-refractivity contribution < 1.29 is 23.5 Å². The summed E-state index contributed by atoms with van der Waals surface area (Å²) < 4.78 is 20.7. The number of carbonyl (C=O) groups is 3. The summed E-state index contributed by atoms with van der Waals surface area (Å²) in [7, 11) is 0. The summed E-state index contributed by atoms with van der Waals surface area (Å²) in [5, 5.41) is -0.454. The van der Waals surface area contributed by atoms with E-state index in [1.807, 2.05) is 24.5 Å². The first-order valence-corrected chi connectivity index (χ1v) is 11.2. The number of morpholine rings is 1. The van der Waals surface area contributed by atoms with Gasteiger partial charge in [0.2, 0.25) is 5.91 Å². The second-order valence-electron chi connectivity index (χ2n) is 7.52. The molecule has 2 aliphatic heterocycles. The van der Waals surface area contributed by atoms with Crippen molar-refractivity contribution in [1.82, 2.24) is 14.4 Å². The van der Waals surface area contributed by atoms with Crippen molar-refractivity contribution in [3.63, 3.8) is 0 Å². The van der Waals surface area contributed by atoms with E-state index in [0.717, 1.165) is 33.6 Å². The molecule has 0 unspecified atom stereocenters. The van der Waals surface area contributed by atoms with Crippen LogP contribution in [-0.2, 0) is 14.3 Å². The number of aromatic nitrogens is 1. The highest BCUT2D eigenvalue weighted by atomic mass is 35.5. The lowest BCUT2D eigenvalue weighted by molar-refractivity contribution is -0.139. The monoisotopic (exact) mass is 477 g/mol. The molecule has 1 aromatic heterocycles. The van der Waals surface area contributed by atoms with E-state index in [1.54, 1.807) is 17.0 Å². The quantitative estimate of drug-likeness (QED) is 0.627. The topological polar surface area (TPSA) is 71.9 Å². The lowest BCUT2D eigenvalue weighted by atomic mass is 10.2. The summed E-state index contributed by atoms with van der Waals surface area (Å²) in [6.07, 6.45) is 1.65. The molecule has 7 nitrogen and oxygen atoms in total. The number of hydrogen-bond acceptors (Lipinski definition) is 5. The third kappa shape index (κ3) is 4.32. The summed E-state index contributed by atoms with van der Waals surface area (Å²) >= 11 is 6.74. The zero-order chi connectivity index (χ0) is 23.0. The fraction of sp³-hybridized carbons (Fsp3) is 0.318. The molecule has 0 bridgehead atoms. The molecule has 4 rings (SSSR count). The Labute approximate surface area is 193 Å². The summed E-state index contributed by atoms with van der Waals surface area (Å²) in [6.45, 7) is 5.26. The van der Waals surface area contributed by atoms with Gasteiger partial charge in [0.25, 0.3) is 11.1 Å². The van der Waals surface area contributed by atoms with E-state index in [-0.39, 0.29) is 22.4 Å². The number of thioether (sulfide) groups is 1. The normalized spacial score (nSPS) is 18.2. The molecule has 32 heavy (non-hydrogen) atoms. The van der Waals surface area contributed by atoms with Crippen LogP contribution in [0.5, 0.6) is 0 Å². The maximum atomic E-state index is 13.6. The molecule has 2 fully saturated rings. The van der Waals surface area contributed by atoms with Crippen LogP contribution in [0.4, 0.5) is 9.18 Å². The fourth-order valence-electron chi connectivity index (χ4n) is 3.78. The first-order valence-electron chi connectivity index (χ1n) is 10.0. The van der Waals surface area contributed by atoms with Crippen LogP contribution in [0.2, 0.25) is 5.02 Å². The average molecular weight is 478 g/mol. The van der Waals surface area contributed by atoms with Gasteiger partial charge in [-0.1, -0.05) is 11.6 Å². The van der Waals surface area contributed by atoms with E-state index in [4.69, 9.17) is 16.3 Å². The van der Waals surface area contributed by atoms with Crippen molar-refractivity contribution in [1.29, 1.82) is 0 Å². The van der Waals surface area contributed by atoms with Gasteiger partial charge in [0.15, 0.2) is 0 Å². The lowest BCUT2D eigenvalue weighted by Gasteiger charge is -2.28. The van der Waals surface area contributed by atoms with Crippen LogP contribution >= 0.6 is 23.4 Å². The number of nitrogens with zero attached hydrogens (tertiary/aromatic N) is 3. The van der Waals surface area contributed by atoms with Crippen molar-refractivity contribution in [2.75, 3.05) is 32.8 Å². The van der Waals surface area contributed by atoms with Crippen LogP contribution in [-0.4, -0.2) is 64.3 Å². The zero-order valence-electron chi connectivity index (χ0n) is 17.6. The van der Waals surface area contributed by atoms with Crippen LogP contribution < -0.4 is 0 Å². The maximum Gasteiger partial charge on any atom is 0.294 e. The highest BCUT2D eigenvalue weighted by Gasteiger charge is 2.37. The van der Waals surface area contributed by atoms with E-state index >= 15 is 0 Å². The number of aryl methyl sites for hydroxylation is 1. The second kappa shape index (κ2) is 9.09. The molecule has 168 valence electrons. The van der Waals surface area contributed by atoms with Gasteiger partial charge >= 0.3 is 0 Å². The molecule has 0 radical (unpaired) electrons. The Morgan fingerprint density at radius 1 is 1.22 bits per heavy atom. The molecule has 0 aliphatic carbocycles. The van der Waals surface area contributed by atoms with Crippen LogP contribution in [0.15, 0.2) is 29.2 Å². The predicted octanol–water partition coefficient (Wildman–Crippen LogP) is 3.78. The van der Waals surface area contributed by atoms with Gasteiger partial charge < -0.3 is 14.2 Å². The molecule has 2 saturated heterocycles. The lowest BCUT2D eigenvalue weighted by Crippen LogP contribution is -2.46. The molecular weight excluding hydrogens is 457 g/mol. The van der Waals surface area contributed by atoms with Gasteiger partial charge in [-0.15, -0.1) is 0 Å². The molecule has 3 heterocycles. The van der Waals surface area contributed by atoms with E-state index < -0.39 is 17.0 Å². The molecule has 3 amide bonds. The van der Waals surface area contributed by atoms with Crippen LogP contribution in [0, 0.1) is 19.7 Å². The minimum Gasteiger partial charge on any atom is -0.378 e. The molecule has 1 aromatic carbocycles. The molecular formula is C22H21ClFN3O4S. The second-order valence-corrected chi connectivity index (χ2v) is 8.92. The van der Waals surface area contributed by atoms with Crippen molar-refractivity contribution >= 4 is 46.5 Å². The standard InChI is InChI=1S/C22H21ClFN3O4S/c1-13-9-15(14(2)27(13)16-3-4-18(24)17(23)11-16)10-19-21(29)26(22(30)32-19)12-20(28)25-5-7-31-8-6-25/h3-4,9-11H,5-8,12H2,1-2H3/b19-10+. The maximum absolute atomic E-state index is 13.6. The minimum absolute atomic E-state index is 0.0163. The Hall–Kier alpha value is -2.62. The Kier molecular flexibility index (Phi) is 6.41. The smallest absolute Gasteiger partial charge is 0.294 e. The number of benzene rings is 1. The van der Waals surface area contributed by atoms with Gasteiger partial charge in [-0.05, 0) is 61.5 Å². The van der Waals surface area contributed by atoms with Gasteiger partial charge in [0.1, 0.15) is 12.4 Å². The summed E-state index contributed by atoms with van der Waals surface area (Å²) in [4.78, 5) is 40.6. The van der Waals surface area contributed by atoms with Gasteiger partial charge in [-0.3, -0.25) is 19.3 Å². The SMILES string of the molecule is Cc1cc(/C=C2/SC(=O)N(CC(=O)N3CCOCC3)C2=O)c(C)n1-c1ccc(F)c(Cl)c1. The van der Waals surface area contributed by atoms with Crippen molar-refractivity contribution in [3.05, 3.63) is 57.0 Å². The predicted molar refractivity (Wildman–Crippen MR) is 120 cm³/mol. The van der Waals surface area contributed by atoms with Crippen molar-refractivity contribution in [2.45, 2.75) is 13.8 Å². The van der Waals surface area contributed by atoms with Gasteiger partial charge in [-0.2, -0.15) is 0 Å². The number of ether oxygens (including phenoxy) is 1. The fourth-order valence-corrected chi connectivity index (χ4v) is 4.78. The Balaban J connectivity index is 1.56. The summed E-state index contributed by atoms with van der Waals surface area (Å²) in [5.74, 6) is -1.27. The van der Waals surface area contributed by atoms with Crippen LogP contribution in [0.1, 0.15) is 17.0 Å². The highest BCUT2D eigenvalue weighted by molar-refractivity contribution is 8.18. The third-order valence-electron chi connectivity index (χ3n) is 5.45. The van der Waals surface area contributed by atoms with Gasteiger partial charge in [-0.25, -0.2) is 4.39 Å². The van der Waals surface area contributed by atoms with Gasteiger partial charge in [0, 0.05) is 30.2 Å². The molecule has 0 atom stereocenters. The number of amides is 3. The van der Waals surface area contributed by atoms with E-state index in [2.05, 4.69) is 0 Å². The molecule has 2 aromatic rings. The van der Waals surface area contributed by atoms with Crippen LogP contribution in [0.3, 0.4) is 0 Å². The number of rotatable bonds is 4. The van der Waals surface area contributed by atoms with E-state index in [1.165, 1.54) is 12.1 Å². The highest BCUT2D eigenvalue weighted by Crippen LogP contribution is 2.34. The first-order chi connectivity index (χ1) is 15.3. The van der Waals surface area contributed by atoms with Crippen LogP contribution in [0.25, 0.3) is 11.8 Å². The number of halogens is 2. The largest absolute Gasteiger partial charge is 0.378 e. The van der Waals surface area contributed by atoms with Gasteiger partial charge in [0.05, 0.1) is 23.1 Å². The Bertz CT molecular complexity index is 1140. The first kappa shape index (κ1) is 22.6. The number of hydrogen-bond donors (Lipinski definition) is 0. The molecule has 0 saturated carbocycles. The van der Waals surface area contributed by atoms with E-state index in [0.29, 0.717) is 32.0 Å². The molecule has 10 heteroatoms. The molecule has 0 N–H and O–H groups in total. The number of imide groups is 1. The van der Waals surface area contributed by atoms with E-state index in [9.17, 15) is 18.8 Å². The van der Waals surface area contributed by atoms with Crippen molar-refractivity contribution in [2.24, 2.45) is 0 Å². The zero-order valence-corrected chi connectivity index (χ0v) is 19.1. The molecule has 2 aliphatic rings. The number of carbonyl (C=O) groups excluding carboxylic acids is 3. The average Bonchev–Trinajstić information content (AvgIpc) is 3.20. The Morgan fingerprint density at radius 2 is 1.94 bits per heavy atom. The summed E-state index contributed by atoms with van der Waals surface area (Å²) in [5.41, 5.74) is 3.10. The Morgan fingerprint density at radius 3 is 2.62 bits per heavy atom. The minimum atomic E-state index is -0.501. The molecule has 0 spiro atoms. The third-order valence-corrected chi connectivity index (χ3v) is 6.65. The summed E-state index contributed by atoms with van der Waals surface area (Å²) in [6, 6.07) is 6.33.